The lowest BCUT2D eigenvalue weighted by atomic mass is 9.79. The number of hydrogen-bond acceptors (Lipinski definition) is 2. The predicted octanol–water partition coefficient (Wildman–Crippen LogP) is 2.89. The Hall–Kier alpha value is -0.0800. The summed E-state index contributed by atoms with van der Waals surface area (Å²) >= 11 is 0. The van der Waals surface area contributed by atoms with E-state index < -0.39 is 0 Å². The van der Waals surface area contributed by atoms with Gasteiger partial charge < -0.3 is 5.32 Å². The van der Waals surface area contributed by atoms with E-state index in [4.69, 9.17) is 0 Å². The summed E-state index contributed by atoms with van der Waals surface area (Å²) in [6.45, 7) is 8.75. The molecule has 2 unspecified atom stereocenters. The predicted molar refractivity (Wildman–Crippen MR) is 76.7 cm³/mol. The molecule has 1 saturated heterocycles. The molecular formula is C16H30N2. The maximum absolute atomic E-state index is 3.85. The molecule has 2 atom stereocenters. The van der Waals surface area contributed by atoms with E-state index in [0.29, 0.717) is 0 Å². The van der Waals surface area contributed by atoms with Crippen LogP contribution < -0.4 is 5.32 Å². The number of likely N-dealkylation sites (tertiary alicyclic amines) is 1. The van der Waals surface area contributed by atoms with Gasteiger partial charge >= 0.3 is 0 Å². The Morgan fingerprint density at radius 1 is 1.06 bits per heavy atom. The molecule has 2 aliphatic carbocycles. The lowest BCUT2D eigenvalue weighted by Crippen LogP contribution is -2.55. The van der Waals surface area contributed by atoms with Crippen LogP contribution in [0.25, 0.3) is 0 Å². The van der Waals surface area contributed by atoms with Crippen LogP contribution in [0.15, 0.2) is 0 Å². The highest BCUT2D eigenvalue weighted by Crippen LogP contribution is 2.34. The number of rotatable bonds is 5. The molecule has 0 aromatic heterocycles. The first-order chi connectivity index (χ1) is 8.74. The maximum Gasteiger partial charge on any atom is 0.0198 e. The summed E-state index contributed by atoms with van der Waals surface area (Å²) in [5, 5.41) is 3.85. The van der Waals surface area contributed by atoms with Gasteiger partial charge in [0, 0.05) is 25.2 Å². The fourth-order valence-electron chi connectivity index (χ4n) is 3.80. The summed E-state index contributed by atoms with van der Waals surface area (Å²) in [5.41, 5.74) is 0. The highest BCUT2D eigenvalue weighted by molar-refractivity contribution is 4.92. The Balaban J connectivity index is 1.50. The van der Waals surface area contributed by atoms with E-state index in [0.717, 1.165) is 29.8 Å². The van der Waals surface area contributed by atoms with E-state index in [1.807, 2.05) is 0 Å². The largest absolute Gasteiger partial charge is 0.312 e. The zero-order chi connectivity index (χ0) is 12.5. The molecular weight excluding hydrogens is 220 g/mol. The Labute approximate surface area is 113 Å². The van der Waals surface area contributed by atoms with Gasteiger partial charge in [-0.15, -0.1) is 0 Å². The van der Waals surface area contributed by atoms with E-state index in [-0.39, 0.29) is 0 Å². The standard InChI is InChI=1S/C16H30N2/c1-3-13-8-15(17-9-14-4-5-14)11-18(10-13)16-6-12(2)7-16/h12-17H,3-11H2,1-2H3. The molecule has 0 amide bonds. The molecule has 0 spiro atoms. The van der Waals surface area contributed by atoms with Crippen molar-refractivity contribution in [1.82, 2.24) is 10.2 Å². The molecule has 0 radical (unpaired) electrons. The average Bonchev–Trinajstić information content (AvgIpc) is 3.16. The van der Waals surface area contributed by atoms with Crippen LogP contribution in [0.4, 0.5) is 0 Å². The minimum Gasteiger partial charge on any atom is -0.312 e. The van der Waals surface area contributed by atoms with Crippen LogP contribution in [0.1, 0.15) is 52.4 Å². The topological polar surface area (TPSA) is 15.3 Å². The zero-order valence-electron chi connectivity index (χ0n) is 12.2. The summed E-state index contributed by atoms with van der Waals surface area (Å²) in [6.07, 6.45) is 8.63. The van der Waals surface area contributed by atoms with Crippen molar-refractivity contribution in [1.29, 1.82) is 0 Å². The van der Waals surface area contributed by atoms with Crippen molar-refractivity contribution in [2.75, 3.05) is 19.6 Å². The van der Waals surface area contributed by atoms with E-state index in [1.165, 1.54) is 58.2 Å². The summed E-state index contributed by atoms with van der Waals surface area (Å²) in [4.78, 5) is 2.81. The SMILES string of the molecule is CCC1CC(NCC2CC2)CN(C2CC(C)C2)C1. The first kappa shape index (κ1) is 12.9. The van der Waals surface area contributed by atoms with E-state index in [2.05, 4.69) is 24.1 Å². The van der Waals surface area contributed by atoms with Crippen LogP contribution in [0, 0.1) is 17.8 Å². The highest BCUT2D eigenvalue weighted by atomic mass is 15.2. The average molecular weight is 250 g/mol. The minimum atomic E-state index is 0.778. The van der Waals surface area contributed by atoms with Crippen molar-refractivity contribution >= 4 is 0 Å². The number of nitrogens with one attached hydrogen (secondary N) is 1. The molecule has 2 saturated carbocycles. The van der Waals surface area contributed by atoms with E-state index in [1.54, 1.807) is 0 Å². The lowest BCUT2D eigenvalue weighted by molar-refractivity contribution is 0.0329. The third-order valence-corrected chi connectivity index (χ3v) is 5.40. The molecule has 3 fully saturated rings. The molecule has 0 aromatic carbocycles. The van der Waals surface area contributed by atoms with Crippen molar-refractivity contribution in [2.45, 2.75) is 64.5 Å². The van der Waals surface area contributed by atoms with Crippen molar-refractivity contribution in [3.63, 3.8) is 0 Å². The Morgan fingerprint density at radius 3 is 2.44 bits per heavy atom. The molecule has 2 nitrogen and oxygen atoms in total. The summed E-state index contributed by atoms with van der Waals surface area (Å²) in [6, 6.07) is 1.69. The van der Waals surface area contributed by atoms with Crippen molar-refractivity contribution in [3.8, 4) is 0 Å². The van der Waals surface area contributed by atoms with Gasteiger partial charge in [-0.2, -0.15) is 0 Å². The zero-order valence-corrected chi connectivity index (χ0v) is 12.2. The fourth-order valence-corrected chi connectivity index (χ4v) is 3.80. The molecule has 1 heterocycles. The third-order valence-electron chi connectivity index (χ3n) is 5.40. The second-order valence-corrected chi connectivity index (χ2v) is 7.24. The smallest absolute Gasteiger partial charge is 0.0198 e. The van der Waals surface area contributed by atoms with Gasteiger partial charge in [-0.3, -0.25) is 4.90 Å². The van der Waals surface area contributed by atoms with E-state index in [9.17, 15) is 0 Å². The van der Waals surface area contributed by atoms with Gasteiger partial charge in [-0.1, -0.05) is 20.3 Å². The summed E-state index contributed by atoms with van der Waals surface area (Å²) < 4.78 is 0. The van der Waals surface area contributed by atoms with Gasteiger partial charge in [-0.25, -0.2) is 0 Å². The monoisotopic (exact) mass is 250 g/mol. The first-order valence-corrected chi connectivity index (χ1v) is 8.22. The molecule has 18 heavy (non-hydrogen) atoms. The summed E-state index contributed by atoms with van der Waals surface area (Å²) in [7, 11) is 0. The lowest BCUT2D eigenvalue weighted by Gasteiger charge is -2.47. The van der Waals surface area contributed by atoms with Crippen LogP contribution in [-0.2, 0) is 0 Å². The van der Waals surface area contributed by atoms with Crippen molar-refractivity contribution in [3.05, 3.63) is 0 Å². The van der Waals surface area contributed by atoms with Crippen LogP contribution in [0.5, 0.6) is 0 Å². The molecule has 3 rings (SSSR count). The second kappa shape index (κ2) is 5.50. The second-order valence-electron chi connectivity index (χ2n) is 7.24. The van der Waals surface area contributed by atoms with Gasteiger partial charge in [0.15, 0.2) is 0 Å². The maximum atomic E-state index is 3.85. The molecule has 0 bridgehead atoms. The molecule has 0 aromatic rings. The van der Waals surface area contributed by atoms with Crippen LogP contribution in [0.3, 0.4) is 0 Å². The Bertz CT molecular complexity index is 268. The fraction of sp³-hybridized carbons (Fsp3) is 1.00. The van der Waals surface area contributed by atoms with Gasteiger partial charge in [0.1, 0.15) is 0 Å². The van der Waals surface area contributed by atoms with E-state index >= 15 is 0 Å². The van der Waals surface area contributed by atoms with Gasteiger partial charge in [0.2, 0.25) is 0 Å². The normalized spacial score (nSPS) is 41.7. The van der Waals surface area contributed by atoms with Crippen molar-refractivity contribution in [2.24, 2.45) is 17.8 Å². The number of hydrogen-bond donors (Lipinski definition) is 1. The minimum absolute atomic E-state index is 0.778. The van der Waals surface area contributed by atoms with Crippen LogP contribution in [0.2, 0.25) is 0 Å². The first-order valence-electron chi connectivity index (χ1n) is 8.22. The van der Waals surface area contributed by atoms with Crippen LogP contribution in [-0.4, -0.2) is 36.6 Å². The molecule has 1 aliphatic heterocycles. The van der Waals surface area contributed by atoms with Crippen LogP contribution >= 0.6 is 0 Å². The Kier molecular flexibility index (Phi) is 3.95. The number of piperidine rings is 1. The van der Waals surface area contributed by atoms with Gasteiger partial charge in [0.05, 0.1) is 0 Å². The molecule has 1 N–H and O–H groups in total. The quantitative estimate of drug-likeness (QED) is 0.807. The van der Waals surface area contributed by atoms with Gasteiger partial charge in [0.25, 0.3) is 0 Å². The molecule has 104 valence electrons. The van der Waals surface area contributed by atoms with Gasteiger partial charge in [-0.05, 0) is 56.4 Å². The highest BCUT2D eigenvalue weighted by Gasteiger charge is 2.36. The summed E-state index contributed by atoms with van der Waals surface area (Å²) in [5.74, 6) is 2.94. The molecule has 2 heteroatoms. The molecule has 3 aliphatic rings. The third kappa shape index (κ3) is 3.08. The van der Waals surface area contributed by atoms with Crippen molar-refractivity contribution < 1.29 is 0 Å². The number of nitrogens with zero attached hydrogens (tertiary/aromatic N) is 1. The Morgan fingerprint density at radius 2 is 1.83 bits per heavy atom.